The predicted molar refractivity (Wildman–Crippen MR) is 41.4 cm³/mol. The van der Waals surface area contributed by atoms with Gasteiger partial charge in [-0.05, 0) is 12.1 Å². The third-order valence-electron chi connectivity index (χ3n) is 1.61. The minimum atomic E-state index is -0.654. The molecule has 1 nitrogen and oxygen atoms in total. The summed E-state index contributed by atoms with van der Waals surface area (Å²) in [6, 6.07) is 2.69. The molecule has 0 aromatic heterocycles. The van der Waals surface area contributed by atoms with Gasteiger partial charge in [0.25, 0.3) is 0 Å². The van der Waals surface area contributed by atoms with Crippen LogP contribution in [0.15, 0.2) is 18.2 Å². The largest absolute Gasteiger partial charge is 0.309 e. The van der Waals surface area contributed by atoms with Crippen molar-refractivity contribution in [2.24, 2.45) is 0 Å². The second-order valence-corrected chi connectivity index (χ2v) is 2.47. The molecule has 1 aromatic carbocycles. The van der Waals surface area contributed by atoms with Gasteiger partial charge in [0.15, 0.2) is 0 Å². The highest BCUT2D eigenvalue weighted by Gasteiger charge is 2.14. The van der Waals surface area contributed by atoms with Gasteiger partial charge < -0.3 is 4.85 Å². The summed E-state index contributed by atoms with van der Waals surface area (Å²) in [5, 5.41) is 0. The van der Waals surface area contributed by atoms with Gasteiger partial charge in [0, 0.05) is 13.0 Å². The van der Waals surface area contributed by atoms with Gasteiger partial charge in [0.2, 0.25) is 6.04 Å². The fourth-order valence-electron chi connectivity index (χ4n) is 0.910. The van der Waals surface area contributed by atoms with Crippen LogP contribution in [0.5, 0.6) is 0 Å². The molecule has 3 heteroatoms. The van der Waals surface area contributed by atoms with E-state index >= 15 is 0 Å². The lowest BCUT2D eigenvalue weighted by molar-refractivity contribution is 0.569. The van der Waals surface area contributed by atoms with Crippen molar-refractivity contribution in [1.29, 1.82) is 0 Å². The zero-order valence-electron chi connectivity index (χ0n) is 6.51. The molecule has 62 valence electrons. The Morgan fingerprint density at radius 3 is 2.58 bits per heavy atom. The smallest absolute Gasteiger partial charge is 0.248 e. The molecule has 0 aliphatic carbocycles. The van der Waals surface area contributed by atoms with Crippen LogP contribution in [0.3, 0.4) is 0 Å². The molecule has 0 amide bonds. The van der Waals surface area contributed by atoms with Gasteiger partial charge in [-0.2, -0.15) is 0 Å². The second kappa shape index (κ2) is 3.31. The Labute approximate surface area is 69.5 Å². The van der Waals surface area contributed by atoms with E-state index in [9.17, 15) is 8.78 Å². The summed E-state index contributed by atoms with van der Waals surface area (Å²) in [5.41, 5.74) is 0.242. The summed E-state index contributed by atoms with van der Waals surface area (Å²) in [5.74, 6) is -1.27. The summed E-state index contributed by atoms with van der Waals surface area (Å²) in [6.07, 6.45) is 0. The molecule has 1 atom stereocenters. The van der Waals surface area contributed by atoms with Crippen LogP contribution in [0, 0.1) is 18.2 Å². The Morgan fingerprint density at radius 2 is 2.08 bits per heavy atom. The molecule has 0 saturated carbocycles. The third kappa shape index (κ3) is 1.59. The molecule has 1 rings (SSSR count). The highest BCUT2D eigenvalue weighted by molar-refractivity contribution is 5.23. The molecule has 0 saturated heterocycles. The Morgan fingerprint density at radius 1 is 1.42 bits per heavy atom. The highest BCUT2D eigenvalue weighted by Crippen LogP contribution is 2.20. The molecule has 0 bridgehead atoms. The molecule has 0 aliphatic heterocycles. The Balaban J connectivity index is 3.11. The van der Waals surface area contributed by atoms with E-state index in [2.05, 4.69) is 4.85 Å². The first-order chi connectivity index (χ1) is 5.65. The quantitative estimate of drug-likeness (QED) is 0.566. The van der Waals surface area contributed by atoms with E-state index in [1.54, 1.807) is 6.92 Å². The molecule has 0 unspecified atom stereocenters. The van der Waals surface area contributed by atoms with Crippen molar-refractivity contribution in [2.45, 2.75) is 13.0 Å². The first-order valence-electron chi connectivity index (χ1n) is 3.46. The van der Waals surface area contributed by atoms with E-state index in [1.807, 2.05) is 0 Å². The van der Waals surface area contributed by atoms with Gasteiger partial charge in [-0.25, -0.2) is 15.4 Å². The molecule has 0 heterocycles. The van der Waals surface area contributed by atoms with Crippen molar-refractivity contribution < 1.29 is 8.78 Å². The monoisotopic (exact) mass is 167 g/mol. The Hall–Kier alpha value is -1.43. The van der Waals surface area contributed by atoms with Crippen molar-refractivity contribution in [3.8, 4) is 0 Å². The van der Waals surface area contributed by atoms with E-state index in [-0.39, 0.29) is 5.56 Å². The van der Waals surface area contributed by atoms with Gasteiger partial charge >= 0.3 is 0 Å². The van der Waals surface area contributed by atoms with Gasteiger partial charge in [0.05, 0.1) is 5.56 Å². The molecule has 0 radical (unpaired) electrons. The highest BCUT2D eigenvalue weighted by atomic mass is 19.1. The van der Waals surface area contributed by atoms with Crippen LogP contribution in [-0.2, 0) is 0 Å². The van der Waals surface area contributed by atoms with Crippen molar-refractivity contribution in [1.82, 2.24) is 0 Å². The first kappa shape index (κ1) is 8.66. The topological polar surface area (TPSA) is 4.36 Å². The molecule has 0 aliphatic rings. The maximum atomic E-state index is 12.9. The number of rotatable bonds is 1. The van der Waals surface area contributed by atoms with Crippen molar-refractivity contribution in [2.75, 3.05) is 0 Å². The molecular formula is C9H7F2N. The van der Waals surface area contributed by atoms with Crippen molar-refractivity contribution in [3.05, 3.63) is 46.8 Å². The summed E-state index contributed by atoms with van der Waals surface area (Å²) in [4.78, 5) is 3.14. The van der Waals surface area contributed by atoms with Crippen LogP contribution in [0.4, 0.5) is 8.78 Å². The van der Waals surface area contributed by atoms with Crippen molar-refractivity contribution >= 4 is 0 Å². The lowest BCUT2D eigenvalue weighted by Gasteiger charge is -2.00. The van der Waals surface area contributed by atoms with Gasteiger partial charge in [-0.15, -0.1) is 0 Å². The molecule has 12 heavy (non-hydrogen) atoms. The summed E-state index contributed by atoms with van der Waals surface area (Å²) < 4.78 is 25.3. The zero-order valence-corrected chi connectivity index (χ0v) is 6.51. The van der Waals surface area contributed by atoms with E-state index in [0.717, 1.165) is 12.1 Å². The summed E-state index contributed by atoms with van der Waals surface area (Å²) in [7, 11) is 0. The van der Waals surface area contributed by atoms with Crippen LogP contribution in [0.1, 0.15) is 18.5 Å². The zero-order chi connectivity index (χ0) is 9.14. The lowest BCUT2D eigenvalue weighted by atomic mass is 10.1. The first-order valence-corrected chi connectivity index (χ1v) is 3.46. The Bertz CT molecular complexity index is 328. The van der Waals surface area contributed by atoms with E-state index < -0.39 is 17.7 Å². The standard InChI is InChI=1S/C9H7F2N/c1-6(12-2)8-4-3-7(10)5-9(8)11/h3-6H,1H3/t6-/m1/s1. The van der Waals surface area contributed by atoms with Crippen LogP contribution in [0.2, 0.25) is 0 Å². The average Bonchev–Trinajstić information content (AvgIpc) is 2.03. The summed E-state index contributed by atoms with van der Waals surface area (Å²) >= 11 is 0. The normalized spacial score (nSPS) is 12.2. The predicted octanol–water partition coefficient (Wildman–Crippen LogP) is 2.95. The fraction of sp³-hybridized carbons (Fsp3) is 0.222. The molecule has 0 spiro atoms. The number of nitrogens with zero attached hydrogens (tertiary/aromatic N) is 1. The van der Waals surface area contributed by atoms with Crippen molar-refractivity contribution in [3.63, 3.8) is 0 Å². The average molecular weight is 167 g/mol. The number of benzene rings is 1. The summed E-state index contributed by atoms with van der Waals surface area (Å²) in [6.45, 7) is 8.23. The number of hydrogen-bond donors (Lipinski definition) is 0. The number of hydrogen-bond acceptors (Lipinski definition) is 0. The minimum absolute atomic E-state index is 0.242. The van der Waals surface area contributed by atoms with Crippen LogP contribution in [-0.4, -0.2) is 0 Å². The second-order valence-electron chi connectivity index (χ2n) is 2.47. The molecule has 0 N–H and O–H groups in total. The van der Waals surface area contributed by atoms with Crippen LogP contribution in [0.25, 0.3) is 4.85 Å². The third-order valence-corrected chi connectivity index (χ3v) is 1.61. The molecule has 1 aromatic rings. The van der Waals surface area contributed by atoms with Gasteiger partial charge in [-0.1, -0.05) is 0 Å². The van der Waals surface area contributed by atoms with E-state index in [0.29, 0.717) is 0 Å². The number of halogens is 2. The van der Waals surface area contributed by atoms with Gasteiger partial charge in [0.1, 0.15) is 11.6 Å². The van der Waals surface area contributed by atoms with Crippen LogP contribution >= 0.6 is 0 Å². The van der Waals surface area contributed by atoms with E-state index in [4.69, 9.17) is 6.57 Å². The molecule has 0 fully saturated rings. The minimum Gasteiger partial charge on any atom is -0.309 e. The Kier molecular flexibility index (Phi) is 2.39. The van der Waals surface area contributed by atoms with Crippen LogP contribution < -0.4 is 0 Å². The lowest BCUT2D eigenvalue weighted by Crippen LogP contribution is -1.93. The maximum absolute atomic E-state index is 12.9. The maximum Gasteiger partial charge on any atom is 0.248 e. The SMILES string of the molecule is [C-]#[N+][C@H](C)c1ccc(F)cc1F. The van der Waals surface area contributed by atoms with E-state index in [1.165, 1.54) is 6.07 Å². The van der Waals surface area contributed by atoms with Gasteiger partial charge in [-0.3, -0.25) is 0 Å². The fourth-order valence-corrected chi connectivity index (χ4v) is 0.910. The molecular weight excluding hydrogens is 160 g/mol.